The van der Waals surface area contributed by atoms with E-state index in [-0.39, 0.29) is 46.6 Å². The summed E-state index contributed by atoms with van der Waals surface area (Å²) in [6.45, 7) is 5.93. The lowest BCUT2D eigenvalue weighted by molar-refractivity contribution is -0.134. The molecule has 1 aromatic carbocycles. The van der Waals surface area contributed by atoms with Crippen LogP contribution in [0.15, 0.2) is 51.9 Å². The van der Waals surface area contributed by atoms with Crippen LogP contribution in [0.5, 0.6) is 0 Å². The van der Waals surface area contributed by atoms with Crippen LogP contribution >= 0.6 is 0 Å². The number of nitrogens with zero attached hydrogens (tertiary/aromatic N) is 1. The van der Waals surface area contributed by atoms with Crippen LogP contribution in [0.2, 0.25) is 0 Å². The van der Waals surface area contributed by atoms with Crippen LogP contribution in [0.4, 0.5) is 0 Å². The number of hydrogen-bond donors (Lipinski definition) is 0. The second kappa shape index (κ2) is 12.1. The molecule has 0 atom stereocenters. The molecule has 0 unspecified atom stereocenters. The van der Waals surface area contributed by atoms with Crippen LogP contribution in [0.25, 0.3) is 10.7 Å². The van der Waals surface area contributed by atoms with E-state index < -0.39 is 38.4 Å². The van der Waals surface area contributed by atoms with Gasteiger partial charge >= 0.3 is 17.9 Å². The van der Waals surface area contributed by atoms with Crippen LogP contribution in [0.3, 0.4) is 0 Å². The summed E-state index contributed by atoms with van der Waals surface area (Å²) < 4.78 is 56.1. The van der Waals surface area contributed by atoms with Gasteiger partial charge in [0.2, 0.25) is 9.84 Å². The van der Waals surface area contributed by atoms with E-state index in [1.54, 1.807) is 26.0 Å². The Bertz CT molecular complexity index is 1520. The number of esters is 3. The highest BCUT2D eigenvalue weighted by molar-refractivity contribution is 8.01. The fourth-order valence-corrected chi connectivity index (χ4v) is 5.31. The highest BCUT2D eigenvalue weighted by Gasteiger charge is 2.34. The average Bonchev–Trinajstić information content (AvgIpc) is 3.47. The summed E-state index contributed by atoms with van der Waals surface area (Å²) in [5.41, 5.74) is 0.800. The highest BCUT2D eigenvalue weighted by Crippen LogP contribution is 2.38. The molecule has 0 saturated heterocycles. The Morgan fingerprint density at radius 2 is 1.67 bits per heavy atom. The summed E-state index contributed by atoms with van der Waals surface area (Å²) in [6.07, 6.45) is 1.35. The van der Waals surface area contributed by atoms with E-state index in [2.05, 4.69) is 0 Å². The topological polar surface area (TPSA) is 140 Å². The molecule has 0 bridgehead atoms. The van der Waals surface area contributed by atoms with Crippen molar-refractivity contribution in [2.24, 2.45) is 0 Å². The number of ether oxygens (including phenoxy) is 4. The predicted molar refractivity (Wildman–Crippen MR) is 139 cm³/mol. The van der Waals surface area contributed by atoms with Gasteiger partial charge in [0.1, 0.15) is 23.0 Å². The first-order valence-electron chi connectivity index (χ1n) is 11.7. The molecule has 2 aromatic heterocycles. The summed E-state index contributed by atoms with van der Waals surface area (Å²) in [5, 5.41) is 0. The number of rotatable bonds is 10. The minimum absolute atomic E-state index is 0.0195. The van der Waals surface area contributed by atoms with Crippen LogP contribution in [-0.2, 0) is 40.3 Å². The third-order valence-electron chi connectivity index (χ3n) is 5.51. The lowest BCUT2D eigenvalue weighted by Crippen LogP contribution is -2.14. The lowest BCUT2D eigenvalue weighted by atomic mass is 10.2. The van der Waals surface area contributed by atoms with E-state index in [1.807, 2.05) is 0 Å². The number of aromatic nitrogens is 1. The van der Waals surface area contributed by atoms with E-state index in [0.29, 0.717) is 0 Å². The monoisotopic (exact) mass is 559 g/mol. The van der Waals surface area contributed by atoms with Gasteiger partial charge in [-0.1, -0.05) is 17.7 Å². The number of sulfone groups is 1. The molecule has 0 aliphatic carbocycles. The second-order valence-electron chi connectivity index (χ2n) is 8.36. The molecule has 208 valence electrons. The molecule has 39 heavy (non-hydrogen) atoms. The van der Waals surface area contributed by atoms with Crippen molar-refractivity contribution >= 4 is 38.4 Å². The number of furan rings is 1. The molecule has 0 radical (unpaired) electrons. The first kappa shape index (κ1) is 29.4. The zero-order valence-electron chi connectivity index (χ0n) is 22.4. The Hall–Kier alpha value is -4.16. The first-order chi connectivity index (χ1) is 18.4. The Balaban J connectivity index is 2.47. The van der Waals surface area contributed by atoms with Gasteiger partial charge in [-0.25, -0.2) is 18.0 Å². The van der Waals surface area contributed by atoms with Crippen molar-refractivity contribution in [3.8, 4) is 0 Å². The van der Waals surface area contributed by atoms with Crippen LogP contribution < -0.4 is 0 Å². The molecule has 0 aliphatic heterocycles. The van der Waals surface area contributed by atoms with Gasteiger partial charge in [0.25, 0.3) is 0 Å². The van der Waals surface area contributed by atoms with Gasteiger partial charge < -0.3 is 27.9 Å². The van der Waals surface area contributed by atoms with Crippen molar-refractivity contribution in [3.05, 3.63) is 76.5 Å². The summed E-state index contributed by atoms with van der Waals surface area (Å²) in [6, 6.07) is 8.54. The third kappa shape index (κ3) is 6.29. The van der Waals surface area contributed by atoms with E-state index in [4.69, 9.17) is 23.4 Å². The number of benzene rings is 1. The zero-order valence-corrected chi connectivity index (χ0v) is 23.2. The SMILES string of the molecule is CCOC(=O)c1cc(/C(OC(C)=O)=C(/c2cc(C(=O)OC)cn2COC)S(=O)(=O)c2ccc(C)cc2)oc1C. The van der Waals surface area contributed by atoms with E-state index >= 15 is 0 Å². The fraction of sp³-hybridized carbons (Fsp3) is 0.296. The van der Waals surface area contributed by atoms with Gasteiger partial charge in [-0.05, 0) is 39.0 Å². The third-order valence-corrected chi connectivity index (χ3v) is 7.33. The molecule has 0 saturated carbocycles. The molecule has 11 nitrogen and oxygen atoms in total. The molecule has 3 aromatic rings. The van der Waals surface area contributed by atoms with Gasteiger partial charge in [0, 0.05) is 26.3 Å². The van der Waals surface area contributed by atoms with Crippen LogP contribution in [0.1, 0.15) is 57.3 Å². The molecule has 0 amide bonds. The minimum Gasteiger partial charge on any atom is -0.465 e. The maximum atomic E-state index is 14.2. The summed E-state index contributed by atoms with van der Waals surface area (Å²) in [4.78, 5) is 36.5. The Morgan fingerprint density at radius 3 is 2.23 bits per heavy atom. The van der Waals surface area contributed by atoms with E-state index in [9.17, 15) is 22.8 Å². The average molecular weight is 560 g/mol. The van der Waals surface area contributed by atoms with Crippen molar-refractivity contribution < 1.29 is 46.2 Å². The maximum absolute atomic E-state index is 14.2. The van der Waals surface area contributed by atoms with Crippen LogP contribution in [-0.4, -0.2) is 51.7 Å². The van der Waals surface area contributed by atoms with Gasteiger partial charge in [0.05, 0.1) is 29.9 Å². The summed E-state index contributed by atoms with van der Waals surface area (Å²) in [5.74, 6) is -2.89. The molecule has 0 spiro atoms. The van der Waals surface area contributed by atoms with Crippen molar-refractivity contribution in [2.45, 2.75) is 39.3 Å². The molecular weight excluding hydrogens is 530 g/mol. The zero-order chi connectivity index (χ0) is 28.9. The maximum Gasteiger partial charge on any atom is 0.341 e. The standard InChI is InChI=1S/C27H29NO10S/c1-7-36-27(31)21-13-23(37-17(21)3)24(38-18(4)29)25(39(32,33)20-10-8-16(2)9-11-20)22-12-19(26(30)35-6)14-28(22)15-34-5/h8-14H,7,15H2,1-6H3/b25-24+. The van der Waals surface area contributed by atoms with Gasteiger partial charge in [-0.15, -0.1) is 0 Å². The van der Waals surface area contributed by atoms with E-state index in [0.717, 1.165) is 12.5 Å². The Kier molecular flexibility index (Phi) is 9.15. The van der Waals surface area contributed by atoms with Crippen LogP contribution in [0, 0.1) is 13.8 Å². The second-order valence-corrected chi connectivity index (χ2v) is 10.2. The molecule has 0 aliphatic rings. The smallest absolute Gasteiger partial charge is 0.341 e. The van der Waals surface area contributed by atoms with E-state index in [1.165, 1.54) is 56.2 Å². The first-order valence-corrected chi connectivity index (χ1v) is 13.2. The largest absolute Gasteiger partial charge is 0.465 e. The number of aryl methyl sites for hydroxylation is 2. The quantitative estimate of drug-likeness (QED) is 0.202. The minimum atomic E-state index is -4.46. The molecule has 0 N–H and O–H groups in total. The summed E-state index contributed by atoms with van der Waals surface area (Å²) >= 11 is 0. The number of carbonyl (C=O) groups excluding carboxylic acids is 3. The Labute approximate surface area is 225 Å². The van der Waals surface area contributed by atoms with Gasteiger partial charge in [-0.3, -0.25) is 4.79 Å². The molecular formula is C27H29NO10S. The predicted octanol–water partition coefficient (Wildman–Crippen LogP) is 4.13. The lowest BCUT2D eigenvalue weighted by Gasteiger charge is -2.16. The van der Waals surface area contributed by atoms with Crippen molar-refractivity contribution in [1.82, 2.24) is 4.57 Å². The molecule has 0 fully saturated rings. The molecule has 3 rings (SSSR count). The number of carbonyl (C=O) groups is 3. The fourth-order valence-electron chi connectivity index (χ4n) is 3.75. The Morgan fingerprint density at radius 1 is 1.00 bits per heavy atom. The van der Waals surface area contributed by atoms with Crippen molar-refractivity contribution in [1.29, 1.82) is 0 Å². The normalized spacial score (nSPS) is 12.1. The van der Waals surface area contributed by atoms with Crippen molar-refractivity contribution in [2.75, 3.05) is 20.8 Å². The highest BCUT2D eigenvalue weighted by atomic mass is 32.2. The summed E-state index contributed by atoms with van der Waals surface area (Å²) in [7, 11) is -1.89. The molecule has 2 heterocycles. The van der Waals surface area contributed by atoms with Gasteiger partial charge in [0.15, 0.2) is 11.5 Å². The number of hydrogen-bond acceptors (Lipinski definition) is 10. The van der Waals surface area contributed by atoms with Gasteiger partial charge in [-0.2, -0.15) is 0 Å². The number of methoxy groups -OCH3 is 2. The molecule has 12 heteroatoms. The van der Waals surface area contributed by atoms with Crippen molar-refractivity contribution in [3.63, 3.8) is 0 Å².